The van der Waals surface area contributed by atoms with Crippen LogP contribution in [0.2, 0.25) is 0 Å². The van der Waals surface area contributed by atoms with Crippen LogP contribution in [0, 0.1) is 0 Å². The highest BCUT2D eigenvalue weighted by Crippen LogP contribution is 2.30. The van der Waals surface area contributed by atoms with Crippen LogP contribution in [-0.2, 0) is 10.0 Å². The van der Waals surface area contributed by atoms with Crippen molar-refractivity contribution in [1.82, 2.24) is 14.1 Å². The Morgan fingerprint density at radius 2 is 1.92 bits per heavy atom. The number of carbonyl (C=O) groups excluding carboxylic acids is 1. The van der Waals surface area contributed by atoms with E-state index in [0.29, 0.717) is 17.4 Å². The van der Waals surface area contributed by atoms with Gasteiger partial charge in [0.05, 0.1) is 17.1 Å². The maximum atomic E-state index is 12.6. The number of hydrogen-bond acceptors (Lipinski definition) is 4. The maximum absolute atomic E-state index is 12.6. The third-order valence-corrected chi connectivity index (χ3v) is 6.52. The van der Waals surface area contributed by atoms with E-state index in [4.69, 9.17) is 0 Å². The van der Waals surface area contributed by atoms with Crippen LogP contribution in [0.1, 0.15) is 48.5 Å². The second kappa shape index (κ2) is 7.59. The zero-order valence-corrected chi connectivity index (χ0v) is 15.9. The Hall–Kier alpha value is -2.19. The third-order valence-electron chi connectivity index (χ3n) is 4.71. The van der Waals surface area contributed by atoms with Crippen LogP contribution in [0.5, 0.6) is 0 Å². The van der Waals surface area contributed by atoms with Gasteiger partial charge in [-0.25, -0.2) is 17.4 Å². The molecule has 1 heterocycles. The summed E-state index contributed by atoms with van der Waals surface area (Å²) in [6.45, 7) is 0. The Bertz CT molecular complexity index is 883. The fourth-order valence-electron chi connectivity index (χ4n) is 3.23. The Balaban J connectivity index is 1.80. The molecule has 8 heteroatoms. The van der Waals surface area contributed by atoms with E-state index in [2.05, 4.69) is 10.4 Å². The summed E-state index contributed by atoms with van der Waals surface area (Å²) in [6.07, 6.45) is 7.37. The number of carbonyl (C=O) groups is 1. The van der Waals surface area contributed by atoms with E-state index in [0.717, 1.165) is 17.1 Å². The number of hydrogen-bond donors (Lipinski definition) is 1. The summed E-state index contributed by atoms with van der Waals surface area (Å²) in [5.41, 5.74) is 0.296. The number of anilines is 1. The number of nitrogens with one attached hydrogen (secondary N) is 1. The van der Waals surface area contributed by atoms with Crippen LogP contribution in [-0.4, -0.2) is 42.5 Å². The molecule has 0 aliphatic heterocycles. The van der Waals surface area contributed by atoms with Crippen molar-refractivity contribution >= 4 is 21.7 Å². The third kappa shape index (κ3) is 3.81. The predicted octanol–water partition coefficient (Wildman–Crippen LogP) is 2.89. The van der Waals surface area contributed by atoms with Gasteiger partial charge in [0.1, 0.15) is 5.82 Å². The number of amides is 1. The quantitative estimate of drug-likeness (QED) is 0.870. The van der Waals surface area contributed by atoms with Gasteiger partial charge in [-0.2, -0.15) is 5.10 Å². The monoisotopic (exact) mass is 376 g/mol. The van der Waals surface area contributed by atoms with Gasteiger partial charge in [-0.1, -0.05) is 25.3 Å². The van der Waals surface area contributed by atoms with Gasteiger partial charge in [0.15, 0.2) is 0 Å². The van der Waals surface area contributed by atoms with Crippen LogP contribution >= 0.6 is 0 Å². The van der Waals surface area contributed by atoms with Crippen LogP contribution in [0.4, 0.5) is 5.82 Å². The summed E-state index contributed by atoms with van der Waals surface area (Å²) >= 11 is 0. The normalized spacial score (nSPS) is 16.0. The minimum atomic E-state index is -3.58. The summed E-state index contributed by atoms with van der Waals surface area (Å²) in [4.78, 5) is 12.7. The van der Waals surface area contributed by atoms with Crippen LogP contribution in [0.15, 0.2) is 41.4 Å². The molecule has 0 saturated heterocycles. The molecule has 0 radical (unpaired) electrons. The maximum Gasteiger partial charge on any atom is 0.256 e. The standard InChI is InChI=1S/C18H24N4O3S/c1-21(2)26(24,25)16-10-6-7-14(13-16)18(23)20-17-11-12-19-22(17)15-8-4-3-5-9-15/h6-7,10-13,15H,3-5,8-9H2,1-2H3,(H,20,23). The lowest BCUT2D eigenvalue weighted by molar-refractivity contribution is 0.102. The van der Waals surface area contributed by atoms with Gasteiger partial charge in [-0.05, 0) is 31.0 Å². The van der Waals surface area contributed by atoms with Crippen molar-refractivity contribution in [3.63, 3.8) is 0 Å². The smallest absolute Gasteiger partial charge is 0.256 e. The largest absolute Gasteiger partial charge is 0.307 e. The molecule has 1 aromatic heterocycles. The average molecular weight is 376 g/mol. The lowest BCUT2D eigenvalue weighted by Crippen LogP contribution is -2.23. The SMILES string of the molecule is CN(C)S(=O)(=O)c1cccc(C(=O)Nc2ccnn2C2CCCCC2)c1. The highest BCUT2D eigenvalue weighted by atomic mass is 32.2. The molecule has 0 unspecified atom stereocenters. The van der Waals surface area contributed by atoms with Gasteiger partial charge < -0.3 is 5.32 Å². The highest BCUT2D eigenvalue weighted by Gasteiger charge is 2.21. The highest BCUT2D eigenvalue weighted by molar-refractivity contribution is 7.89. The second-order valence-electron chi connectivity index (χ2n) is 6.72. The first-order valence-corrected chi connectivity index (χ1v) is 10.2. The first kappa shape index (κ1) is 18.6. The van der Waals surface area contributed by atoms with Crippen molar-refractivity contribution in [2.45, 2.75) is 43.0 Å². The summed E-state index contributed by atoms with van der Waals surface area (Å²) in [5.74, 6) is 0.293. The zero-order valence-electron chi connectivity index (χ0n) is 15.1. The first-order chi connectivity index (χ1) is 12.4. The Kier molecular flexibility index (Phi) is 5.43. The molecule has 1 aliphatic rings. The Labute approximate surface area is 154 Å². The molecule has 1 saturated carbocycles. The molecule has 140 valence electrons. The van der Waals surface area contributed by atoms with Crippen molar-refractivity contribution in [1.29, 1.82) is 0 Å². The number of benzene rings is 1. The first-order valence-electron chi connectivity index (χ1n) is 8.77. The van der Waals surface area contributed by atoms with Crippen molar-refractivity contribution in [2.75, 3.05) is 19.4 Å². The number of sulfonamides is 1. The van der Waals surface area contributed by atoms with E-state index < -0.39 is 10.0 Å². The molecule has 0 spiro atoms. The van der Waals surface area contributed by atoms with Gasteiger partial charge >= 0.3 is 0 Å². The predicted molar refractivity (Wildman–Crippen MR) is 99.6 cm³/mol. The second-order valence-corrected chi connectivity index (χ2v) is 8.87. The molecule has 1 amide bonds. The molecular formula is C18H24N4O3S. The molecule has 1 aliphatic carbocycles. The molecular weight excluding hydrogens is 352 g/mol. The van der Waals surface area contributed by atoms with Crippen LogP contribution in [0.25, 0.3) is 0 Å². The Morgan fingerprint density at radius 3 is 2.62 bits per heavy atom. The average Bonchev–Trinajstić information content (AvgIpc) is 3.10. The van der Waals surface area contributed by atoms with E-state index in [-0.39, 0.29) is 10.8 Å². The van der Waals surface area contributed by atoms with E-state index in [1.165, 1.54) is 45.5 Å². The molecule has 1 fully saturated rings. The lowest BCUT2D eigenvalue weighted by Gasteiger charge is -2.23. The van der Waals surface area contributed by atoms with Crippen molar-refractivity contribution in [2.24, 2.45) is 0 Å². The minimum Gasteiger partial charge on any atom is -0.307 e. The molecule has 0 bridgehead atoms. The van der Waals surface area contributed by atoms with Crippen molar-refractivity contribution in [3.8, 4) is 0 Å². The summed E-state index contributed by atoms with van der Waals surface area (Å²) in [5, 5.41) is 7.23. The summed E-state index contributed by atoms with van der Waals surface area (Å²) < 4.78 is 27.5. The molecule has 0 atom stereocenters. The number of aromatic nitrogens is 2. The van der Waals surface area contributed by atoms with Gasteiger partial charge in [0.2, 0.25) is 10.0 Å². The summed E-state index contributed by atoms with van der Waals surface area (Å²) in [6, 6.07) is 8.13. The fourth-order valence-corrected chi connectivity index (χ4v) is 4.18. The number of nitrogens with zero attached hydrogens (tertiary/aromatic N) is 3. The fraction of sp³-hybridized carbons (Fsp3) is 0.444. The van der Waals surface area contributed by atoms with E-state index in [9.17, 15) is 13.2 Å². The van der Waals surface area contributed by atoms with E-state index >= 15 is 0 Å². The van der Waals surface area contributed by atoms with Gasteiger partial charge in [-0.3, -0.25) is 4.79 Å². The zero-order chi connectivity index (χ0) is 18.7. The lowest BCUT2D eigenvalue weighted by atomic mass is 9.96. The topological polar surface area (TPSA) is 84.3 Å². The van der Waals surface area contributed by atoms with Gasteiger partial charge in [-0.15, -0.1) is 0 Å². The van der Waals surface area contributed by atoms with E-state index in [1.807, 2.05) is 4.68 Å². The minimum absolute atomic E-state index is 0.0935. The number of rotatable bonds is 5. The van der Waals surface area contributed by atoms with Crippen molar-refractivity contribution in [3.05, 3.63) is 42.1 Å². The molecule has 1 aromatic carbocycles. The van der Waals surface area contributed by atoms with Crippen LogP contribution in [0.3, 0.4) is 0 Å². The van der Waals surface area contributed by atoms with E-state index in [1.54, 1.807) is 24.4 Å². The van der Waals surface area contributed by atoms with Crippen molar-refractivity contribution < 1.29 is 13.2 Å². The Morgan fingerprint density at radius 1 is 1.19 bits per heavy atom. The molecule has 26 heavy (non-hydrogen) atoms. The molecule has 3 rings (SSSR count). The summed E-state index contributed by atoms with van der Waals surface area (Å²) in [7, 11) is -0.658. The van der Waals surface area contributed by atoms with Crippen LogP contribution < -0.4 is 5.32 Å². The van der Waals surface area contributed by atoms with Gasteiger partial charge in [0.25, 0.3) is 5.91 Å². The molecule has 1 N–H and O–H groups in total. The molecule has 7 nitrogen and oxygen atoms in total. The molecule has 2 aromatic rings. The van der Waals surface area contributed by atoms with Gasteiger partial charge in [0, 0.05) is 25.7 Å².